The summed E-state index contributed by atoms with van der Waals surface area (Å²) in [5, 5.41) is 2.77. The lowest BCUT2D eigenvalue weighted by molar-refractivity contribution is -0.135. The van der Waals surface area contributed by atoms with Gasteiger partial charge in [0.2, 0.25) is 11.8 Å². The first-order valence-electron chi connectivity index (χ1n) is 10.5. The van der Waals surface area contributed by atoms with E-state index in [9.17, 15) is 14.0 Å². The first-order valence-corrected chi connectivity index (χ1v) is 10.5. The molecule has 5 heteroatoms. The second-order valence-corrected chi connectivity index (χ2v) is 7.76. The van der Waals surface area contributed by atoms with Crippen molar-refractivity contribution in [2.45, 2.75) is 31.8 Å². The highest BCUT2D eigenvalue weighted by molar-refractivity contribution is 5.84. The zero-order valence-corrected chi connectivity index (χ0v) is 17.3. The van der Waals surface area contributed by atoms with Gasteiger partial charge in [-0.25, -0.2) is 4.39 Å². The van der Waals surface area contributed by atoms with E-state index in [0.717, 1.165) is 17.5 Å². The highest BCUT2D eigenvalue weighted by Gasteiger charge is 2.31. The minimum absolute atomic E-state index is 0.0377. The van der Waals surface area contributed by atoms with Gasteiger partial charge in [-0.1, -0.05) is 66.7 Å². The van der Waals surface area contributed by atoms with Gasteiger partial charge in [-0.2, -0.15) is 0 Å². The second-order valence-electron chi connectivity index (χ2n) is 7.76. The van der Waals surface area contributed by atoms with Gasteiger partial charge in [-0.3, -0.25) is 9.59 Å². The predicted octanol–water partition coefficient (Wildman–Crippen LogP) is 4.40. The average Bonchev–Trinajstić information content (AvgIpc) is 2.81. The van der Waals surface area contributed by atoms with Crippen LogP contribution in [0.3, 0.4) is 0 Å². The van der Waals surface area contributed by atoms with Crippen molar-refractivity contribution >= 4 is 11.8 Å². The Kier molecular flexibility index (Phi) is 6.41. The van der Waals surface area contributed by atoms with Gasteiger partial charge >= 0.3 is 0 Å². The summed E-state index contributed by atoms with van der Waals surface area (Å²) < 4.78 is 13.3. The molecule has 0 fully saturated rings. The number of carbonyl (C=O) groups is 2. The molecule has 0 saturated heterocycles. The molecule has 0 aliphatic carbocycles. The molecule has 0 aromatic heterocycles. The van der Waals surface area contributed by atoms with Crippen molar-refractivity contribution in [3.05, 3.63) is 107 Å². The van der Waals surface area contributed by atoms with Crippen LogP contribution in [0.2, 0.25) is 0 Å². The Morgan fingerprint density at radius 2 is 1.71 bits per heavy atom. The van der Waals surface area contributed by atoms with Crippen molar-refractivity contribution < 1.29 is 14.0 Å². The van der Waals surface area contributed by atoms with Crippen LogP contribution >= 0.6 is 0 Å². The van der Waals surface area contributed by atoms with Gasteiger partial charge in [-0.05, 0) is 40.8 Å². The lowest BCUT2D eigenvalue weighted by Crippen LogP contribution is -2.41. The zero-order chi connectivity index (χ0) is 21.6. The van der Waals surface area contributed by atoms with Gasteiger partial charge in [0.15, 0.2) is 0 Å². The maximum Gasteiger partial charge on any atom is 0.223 e. The van der Waals surface area contributed by atoms with Crippen LogP contribution in [0.1, 0.15) is 41.1 Å². The van der Waals surface area contributed by atoms with Crippen LogP contribution < -0.4 is 5.32 Å². The number of benzene rings is 3. The minimum atomic E-state index is -0.334. The van der Waals surface area contributed by atoms with Crippen LogP contribution in [-0.2, 0) is 22.6 Å². The summed E-state index contributed by atoms with van der Waals surface area (Å²) in [5.41, 5.74) is 4.16. The molecule has 1 N–H and O–H groups in total. The standard InChI is InChI=1S/C26H25FN2O2/c27-22-11-6-7-19(17-22)18-28-24(30)13-14-25(31)29-16-15-20-8-4-5-12-23(20)26(29)21-9-2-1-3-10-21/h1-12,17,26H,13-16,18H2,(H,28,30)/t26-/m1/s1. The highest BCUT2D eigenvalue weighted by atomic mass is 19.1. The predicted molar refractivity (Wildman–Crippen MR) is 118 cm³/mol. The van der Waals surface area contributed by atoms with Gasteiger partial charge in [0.1, 0.15) is 5.82 Å². The number of hydrogen-bond acceptors (Lipinski definition) is 2. The van der Waals surface area contributed by atoms with Crippen molar-refractivity contribution in [3.8, 4) is 0 Å². The Morgan fingerprint density at radius 3 is 2.52 bits per heavy atom. The third kappa shape index (κ3) is 5.00. The van der Waals surface area contributed by atoms with Crippen LogP contribution in [0, 0.1) is 5.82 Å². The Hall–Kier alpha value is -3.47. The molecule has 31 heavy (non-hydrogen) atoms. The number of carbonyl (C=O) groups excluding carboxylic acids is 2. The van der Waals surface area contributed by atoms with Gasteiger partial charge < -0.3 is 10.2 Å². The van der Waals surface area contributed by atoms with E-state index in [1.807, 2.05) is 47.4 Å². The maximum absolute atomic E-state index is 13.3. The van der Waals surface area contributed by atoms with Gasteiger partial charge in [0.05, 0.1) is 6.04 Å². The molecule has 2 amide bonds. The quantitative estimate of drug-likeness (QED) is 0.648. The van der Waals surface area contributed by atoms with E-state index in [0.29, 0.717) is 12.1 Å². The van der Waals surface area contributed by atoms with Crippen LogP contribution in [0.25, 0.3) is 0 Å². The van der Waals surface area contributed by atoms with Crippen molar-refractivity contribution in [3.63, 3.8) is 0 Å². The van der Waals surface area contributed by atoms with Gasteiger partial charge in [-0.15, -0.1) is 0 Å². The summed E-state index contributed by atoms with van der Waals surface area (Å²) in [6.07, 6.45) is 1.05. The second kappa shape index (κ2) is 9.56. The number of halogens is 1. The van der Waals surface area contributed by atoms with E-state index in [1.54, 1.807) is 12.1 Å². The van der Waals surface area contributed by atoms with Crippen LogP contribution in [-0.4, -0.2) is 23.3 Å². The lowest BCUT2D eigenvalue weighted by Gasteiger charge is -2.38. The molecule has 0 unspecified atom stereocenters. The molecule has 3 aromatic carbocycles. The van der Waals surface area contributed by atoms with E-state index in [1.165, 1.54) is 17.7 Å². The van der Waals surface area contributed by atoms with Crippen LogP contribution in [0.15, 0.2) is 78.9 Å². The number of fused-ring (bicyclic) bond motifs is 1. The topological polar surface area (TPSA) is 49.4 Å². The highest BCUT2D eigenvalue weighted by Crippen LogP contribution is 2.35. The molecular formula is C26H25FN2O2. The van der Waals surface area contributed by atoms with Crippen LogP contribution in [0.4, 0.5) is 4.39 Å². The molecular weight excluding hydrogens is 391 g/mol. The molecule has 0 bridgehead atoms. The maximum atomic E-state index is 13.3. The average molecular weight is 416 g/mol. The SMILES string of the molecule is O=C(CCC(=O)N1CCc2ccccc2[C@H]1c1ccccc1)NCc1cccc(F)c1. The molecule has 1 aliphatic rings. The first kappa shape index (κ1) is 20.8. The third-order valence-electron chi connectivity index (χ3n) is 5.66. The number of amides is 2. The molecule has 158 valence electrons. The summed E-state index contributed by atoms with van der Waals surface area (Å²) in [7, 11) is 0. The fourth-order valence-corrected chi connectivity index (χ4v) is 4.13. The normalized spacial score (nSPS) is 15.3. The lowest BCUT2D eigenvalue weighted by atomic mass is 9.88. The van der Waals surface area contributed by atoms with Gasteiger partial charge in [0, 0.05) is 25.9 Å². The van der Waals surface area contributed by atoms with Crippen molar-refractivity contribution in [2.24, 2.45) is 0 Å². The van der Waals surface area contributed by atoms with Crippen molar-refractivity contribution in [1.82, 2.24) is 10.2 Å². The molecule has 0 saturated carbocycles. The summed E-state index contributed by atoms with van der Waals surface area (Å²) in [4.78, 5) is 27.3. The van der Waals surface area contributed by atoms with E-state index >= 15 is 0 Å². The summed E-state index contributed by atoms with van der Waals surface area (Å²) >= 11 is 0. The first-order chi connectivity index (χ1) is 15.1. The summed E-state index contributed by atoms with van der Waals surface area (Å²) in [6, 6.07) is 24.2. The molecule has 1 aliphatic heterocycles. The smallest absolute Gasteiger partial charge is 0.223 e. The molecule has 4 rings (SSSR count). The number of hydrogen-bond donors (Lipinski definition) is 1. The largest absolute Gasteiger partial charge is 0.352 e. The molecule has 0 radical (unpaired) electrons. The van der Waals surface area contributed by atoms with E-state index in [2.05, 4.69) is 17.4 Å². The summed E-state index contributed by atoms with van der Waals surface area (Å²) in [5.74, 6) is -0.588. The molecule has 3 aromatic rings. The fraction of sp³-hybridized carbons (Fsp3) is 0.231. The van der Waals surface area contributed by atoms with Crippen LogP contribution in [0.5, 0.6) is 0 Å². The molecule has 1 heterocycles. The van der Waals surface area contributed by atoms with E-state index in [-0.39, 0.29) is 43.1 Å². The Labute approximate surface area is 181 Å². The van der Waals surface area contributed by atoms with Crippen molar-refractivity contribution in [1.29, 1.82) is 0 Å². The van der Waals surface area contributed by atoms with Gasteiger partial charge in [0.25, 0.3) is 0 Å². The Balaban J connectivity index is 1.41. The molecule has 1 atom stereocenters. The number of nitrogens with zero attached hydrogens (tertiary/aromatic N) is 1. The van der Waals surface area contributed by atoms with E-state index in [4.69, 9.17) is 0 Å². The fourth-order valence-electron chi connectivity index (χ4n) is 4.13. The van der Waals surface area contributed by atoms with E-state index < -0.39 is 0 Å². The Morgan fingerprint density at radius 1 is 0.935 bits per heavy atom. The molecule has 0 spiro atoms. The minimum Gasteiger partial charge on any atom is -0.352 e. The number of nitrogens with one attached hydrogen (secondary N) is 1. The third-order valence-corrected chi connectivity index (χ3v) is 5.66. The zero-order valence-electron chi connectivity index (χ0n) is 17.3. The number of rotatable bonds is 6. The van der Waals surface area contributed by atoms with Crippen molar-refractivity contribution in [2.75, 3.05) is 6.54 Å². The summed E-state index contributed by atoms with van der Waals surface area (Å²) in [6.45, 7) is 0.870. The Bertz CT molecular complexity index is 1070. The molecule has 4 nitrogen and oxygen atoms in total. The monoisotopic (exact) mass is 416 g/mol.